The van der Waals surface area contributed by atoms with Crippen molar-refractivity contribution < 1.29 is 4.79 Å². The monoisotopic (exact) mass is 363 g/mol. The first-order chi connectivity index (χ1) is 12.8. The zero-order valence-corrected chi connectivity index (χ0v) is 15.9. The molecule has 1 aliphatic heterocycles. The molecule has 2 unspecified atom stereocenters. The molecule has 134 valence electrons. The maximum atomic E-state index is 11.2. The highest BCUT2D eigenvalue weighted by Crippen LogP contribution is 2.52. The number of thioether (sulfide) groups is 1. The number of nitrogens with zero attached hydrogens (tertiary/aromatic N) is 1. The zero-order valence-electron chi connectivity index (χ0n) is 15.1. The maximum Gasteiger partial charge on any atom is 0.150 e. The number of aldehydes is 1. The van der Waals surface area contributed by atoms with Gasteiger partial charge in [-0.2, -0.15) is 0 Å². The van der Waals surface area contributed by atoms with Crippen LogP contribution in [0, 0.1) is 6.92 Å². The van der Waals surface area contributed by atoms with Gasteiger partial charge >= 0.3 is 0 Å². The Kier molecular flexibility index (Phi) is 5.35. The van der Waals surface area contributed by atoms with Crippen LogP contribution in [-0.4, -0.2) is 18.1 Å². The molecule has 1 saturated carbocycles. The van der Waals surface area contributed by atoms with Gasteiger partial charge in [-0.3, -0.25) is 4.79 Å². The minimum Gasteiger partial charge on any atom is -0.338 e. The van der Waals surface area contributed by atoms with Crippen molar-refractivity contribution in [2.75, 3.05) is 10.7 Å². The molecule has 1 heterocycles. The molecular formula is C23H25NOS. The summed E-state index contributed by atoms with van der Waals surface area (Å²) >= 11 is 1.91. The van der Waals surface area contributed by atoms with Gasteiger partial charge in [0.05, 0.1) is 0 Å². The van der Waals surface area contributed by atoms with E-state index >= 15 is 0 Å². The summed E-state index contributed by atoms with van der Waals surface area (Å²) in [6.45, 7) is 5.56. The SMILES string of the molecule is [CH]CCCCSc1ccc(N2c3ccc(C=O)cc3C3CCCC32)cc1. The van der Waals surface area contributed by atoms with Gasteiger partial charge in [0.15, 0.2) is 0 Å². The first-order valence-corrected chi connectivity index (χ1v) is 10.6. The Labute approximate surface area is 161 Å². The molecule has 2 aromatic rings. The standard InChI is InChI=1S/C23H25NOS/c1-2-3-4-14-26-19-11-9-18(10-12-19)24-22-7-5-6-20(22)21-15-17(16-25)8-13-23(21)24/h1,8-13,15-16,20,22H,2-7,14H2. The van der Waals surface area contributed by atoms with Gasteiger partial charge < -0.3 is 4.90 Å². The summed E-state index contributed by atoms with van der Waals surface area (Å²) in [4.78, 5) is 15.0. The van der Waals surface area contributed by atoms with Crippen LogP contribution in [0.2, 0.25) is 0 Å². The van der Waals surface area contributed by atoms with E-state index < -0.39 is 0 Å². The van der Waals surface area contributed by atoms with Crippen molar-refractivity contribution >= 4 is 29.4 Å². The van der Waals surface area contributed by atoms with Gasteiger partial charge in [0.2, 0.25) is 0 Å². The highest BCUT2D eigenvalue weighted by molar-refractivity contribution is 7.99. The number of hydrogen-bond donors (Lipinski definition) is 0. The lowest BCUT2D eigenvalue weighted by Gasteiger charge is -2.27. The van der Waals surface area contributed by atoms with E-state index in [2.05, 4.69) is 41.3 Å². The maximum absolute atomic E-state index is 11.2. The highest BCUT2D eigenvalue weighted by atomic mass is 32.2. The minimum absolute atomic E-state index is 0.537. The molecule has 0 aromatic heterocycles. The van der Waals surface area contributed by atoms with Crippen molar-refractivity contribution in [2.45, 2.75) is 55.4 Å². The van der Waals surface area contributed by atoms with Crippen LogP contribution in [0.5, 0.6) is 0 Å². The lowest BCUT2D eigenvalue weighted by Crippen LogP contribution is -2.26. The summed E-state index contributed by atoms with van der Waals surface area (Å²) in [6.07, 6.45) is 7.74. The van der Waals surface area contributed by atoms with Crippen molar-refractivity contribution in [3.05, 3.63) is 60.5 Å². The van der Waals surface area contributed by atoms with E-state index in [4.69, 9.17) is 6.92 Å². The van der Waals surface area contributed by atoms with Crippen molar-refractivity contribution in [1.29, 1.82) is 0 Å². The Balaban J connectivity index is 1.56. The largest absolute Gasteiger partial charge is 0.338 e. The van der Waals surface area contributed by atoms with Crippen LogP contribution in [0.1, 0.15) is 60.4 Å². The van der Waals surface area contributed by atoms with E-state index in [1.807, 2.05) is 17.8 Å². The second-order valence-electron chi connectivity index (χ2n) is 7.25. The third-order valence-corrected chi connectivity index (χ3v) is 6.74. The van der Waals surface area contributed by atoms with Crippen LogP contribution < -0.4 is 4.90 Å². The summed E-state index contributed by atoms with van der Waals surface area (Å²) in [6, 6.07) is 15.7. The molecule has 2 nitrogen and oxygen atoms in total. The second kappa shape index (κ2) is 7.87. The van der Waals surface area contributed by atoms with Crippen molar-refractivity contribution in [1.82, 2.24) is 0 Å². The summed E-state index contributed by atoms with van der Waals surface area (Å²) in [5.74, 6) is 1.69. The normalized spacial score (nSPS) is 20.9. The Bertz CT molecular complexity index is 770. The fourth-order valence-corrected chi connectivity index (χ4v) is 5.34. The summed E-state index contributed by atoms with van der Waals surface area (Å²) in [7, 11) is 0. The average Bonchev–Trinajstić information content (AvgIpc) is 3.26. The molecule has 2 aromatic carbocycles. The van der Waals surface area contributed by atoms with Gasteiger partial charge in [-0.15, -0.1) is 11.8 Å². The topological polar surface area (TPSA) is 20.3 Å². The van der Waals surface area contributed by atoms with E-state index in [1.165, 1.54) is 47.5 Å². The molecule has 4 rings (SSSR count). The molecule has 0 amide bonds. The number of rotatable bonds is 7. The average molecular weight is 364 g/mol. The molecule has 3 heteroatoms. The second-order valence-corrected chi connectivity index (χ2v) is 8.42. The third kappa shape index (κ3) is 3.29. The van der Waals surface area contributed by atoms with E-state index in [9.17, 15) is 4.79 Å². The summed E-state index contributed by atoms with van der Waals surface area (Å²) in [5, 5.41) is 0. The van der Waals surface area contributed by atoms with Gasteiger partial charge in [-0.25, -0.2) is 0 Å². The van der Waals surface area contributed by atoms with Gasteiger partial charge in [-0.1, -0.05) is 12.8 Å². The van der Waals surface area contributed by atoms with Crippen LogP contribution in [-0.2, 0) is 0 Å². The van der Waals surface area contributed by atoms with Gasteiger partial charge in [0.25, 0.3) is 0 Å². The lowest BCUT2D eigenvalue weighted by atomic mass is 9.96. The lowest BCUT2D eigenvalue weighted by molar-refractivity contribution is 0.112. The van der Waals surface area contributed by atoms with E-state index in [-0.39, 0.29) is 0 Å². The number of unbranched alkanes of at least 4 members (excludes halogenated alkanes) is 2. The van der Waals surface area contributed by atoms with E-state index in [0.29, 0.717) is 12.0 Å². The van der Waals surface area contributed by atoms with Gasteiger partial charge in [0.1, 0.15) is 6.29 Å². The summed E-state index contributed by atoms with van der Waals surface area (Å²) in [5.41, 5.74) is 4.71. The molecule has 2 atom stereocenters. The first-order valence-electron chi connectivity index (χ1n) is 9.63. The Morgan fingerprint density at radius 3 is 2.73 bits per heavy atom. The quantitative estimate of drug-likeness (QED) is 0.329. The summed E-state index contributed by atoms with van der Waals surface area (Å²) < 4.78 is 0. The van der Waals surface area contributed by atoms with Crippen LogP contribution in [0.4, 0.5) is 11.4 Å². The number of benzene rings is 2. The smallest absolute Gasteiger partial charge is 0.150 e. The molecule has 0 spiro atoms. The highest BCUT2D eigenvalue weighted by Gasteiger charge is 2.42. The van der Waals surface area contributed by atoms with Crippen LogP contribution in [0.25, 0.3) is 0 Å². The molecule has 0 N–H and O–H groups in total. The minimum atomic E-state index is 0.537. The Morgan fingerprint density at radius 1 is 1.12 bits per heavy atom. The fraction of sp³-hybridized carbons (Fsp3) is 0.391. The number of anilines is 2. The fourth-order valence-electron chi connectivity index (χ4n) is 4.42. The van der Waals surface area contributed by atoms with Crippen molar-refractivity contribution in [2.24, 2.45) is 0 Å². The van der Waals surface area contributed by atoms with Crippen molar-refractivity contribution in [3.8, 4) is 0 Å². The van der Waals surface area contributed by atoms with E-state index in [0.717, 1.165) is 30.4 Å². The predicted octanol–water partition coefficient (Wildman–Crippen LogP) is 6.26. The van der Waals surface area contributed by atoms with Gasteiger partial charge in [-0.05, 0) is 86.4 Å². The van der Waals surface area contributed by atoms with Crippen LogP contribution in [0.15, 0.2) is 47.4 Å². The zero-order chi connectivity index (χ0) is 17.9. The molecule has 2 aliphatic rings. The molecular weight excluding hydrogens is 338 g/mol. The molecule has 0 saturated heterocycles. The number of hydrogen-bond acceptors (Lipinski definition) is 3. The number of carbonyl (C=O) groups excluding carboxylic acids is 1. The van der Waals surface area contributed by atoms with Gasteiger partial charge in [0, 0.05) is 33.8 Å². The number of fused-ring (bicyclic) bond motifs is 3. The molecule has 1 fully saturated rings. The molecule has 0 bridgehead atoms. The van der Waals surface area contributed by atoms with Crippen LogP contribution >= 0.6 is 11.8 Å². The van der Waals surface area contributed by atoms with Crippen molar-refractivity contribution in [3.63, 3.8) is 0 Å². The van der Waals surface area contributed by atoms with Crippen LogP contribution in [0.3, 0.4) is 0 Å². The molecule has 1 aliphatic carbocycles. The molecule has 2 radical (unpaired) electrons. The molecule has 26 heavy (non-hydrogen) atoms. The Morgan fingerprint density at radius 2 is 1.96 bits per heavy atom. The predicted molar refractivity (Wildman–Crippen MR) is 110 cm³/mol. The van der Waals surface area contributed by atoms with E-state index in [1.54, 1.807) is 0 Å². The third-order valence-electron chi connectivity index (χ3n) is 5.64. The number of carbonyl (C=O) groups is 1. The Hall–Kier alpha value is -1.74. The first kappa shape index (κ1) is 17.7.